The molecule has 0 saturated heterocycles. The second-order valence-corrected chi connectivity index (χ2v) is 5.27. The molecule has 0 bridgehead atoms. The lowest BCUT2D eigenvalue weighted by Crippen LogP contribution is -2.22. The minimum absolute atomic E-state index is 0.00484. The molecule has 0 saturated carbocycles. The van der Waals surface area contributed by atoms with E-state index in [0.717, 1.165) is 0 Å². The number of benzene rings is 2. The summed E-state index contributed by atoms with van der Waals surface area (Å²) in [7, 11) is 2.79. The summed E-state index contributed by atoms with van der Waals surface area (Å²) in [6, 6.07) is 13.3. The van der Waals surface area contributed by atoms with Crippen LogP contribution in [0.3, 0.4) is 0 Å². The largest absolute Gasteiger partial charge is 0.496 e. The van der Waals surface area contributed by atoms with Crippen LogP contribution in [-0.4, -0.2) is 38.7 Å². The highest BCUT2D eigenvalue weighted by Gasteiger charge is 2.12. The van der Waals surface area contributed by atoms with E-state index < -0.39 is 24.5 Å². The van der Waals surface area contributed by atoms with E-state index in [2.05, 4.69) is 10.1 Å². The van der Waals surface area contributed by atoms with Gasteiger partial charge in [-0.25, -0.2) is 4.79 Å². The Balaban J connectivity index is 1.87. The summed E-state index contributed by atoms with van der Waals surface area (Å²) in [4.78, 5) is 35.3. The van der Waals surface area contributed by atoms with E-state index in [-0.39, 0.29) is 6.42 Å². The van der Waals surface area contributed by atoms with Gasteiger partial charge in [-0.2, -0.15) is 0 Å². The topological polar surface area (TPSA) is 90.9 Å². The maximum Gasteiger partial charge on any atom is 0.337 e. The van der Waals surface area contributed by atoms with Crippen molar-refractivity contribution in [1.29, 1.82) is 0 Å². The highest BCUT2D eigenvalue weighted by atomic mass is 16.5. The average Bonchev–Trinajstić information content (AvgIpc) is 2.66. The van der Waals surface area contributed by atoms with Crippen molar-refractivity contribution in [2.75, 3.05) is 26.1 Å². The predicted octanol–water partition coefficient (Wildman–Crippen LogP) is 2.21. The third-order valence-electron chi connectivity index (χ3n) is 3.46. The molecule has 0 radical (unpaired) electrons. The summed E-state index contributed by atoms with van der Waals surface area (Å²) >= 11 is 0. The van der Waals surface area contributed by atoms with Gasteiger partial charge in [-0.15, -0.1) is 0 Å². The van der Waals surface area contributed by atoms with Gasteiger partial charge in [-0.1, -0.05) is 24.3 Å². The molecule has 7 heteroatoms. The van der Waals surface area contributed by atoms with Crippen molar-refractivity contribution in [3.05, 3.63) is 59.7 Å². The van der Waals surface area contributed by atoms with Gasteiger partial charge in [0.05, 0.1) is 26.2 Å². The normalized spacial score (nSPS) is 9.92. The Hall–Kier alpha value is -3.35. The zero-order chi connectivity index (χ0) is 18.9. The minimum atomic E-state index is -0.548. The number of carbonyl (C=O) groups excluding carboxylic acids is 3. The standard InChI is InChI=1S/C19H19NO6/c1-24-16-9-4-3-6-13(16)11-18(22)26-12-17(21)20-15-8-5-7-14(10-15)19(23)25-2/h3-10H,11-12H2,1-2H3,(H,20,21). The highest BCUT2D eigenvalue weighted by molar-refractivity contribution is 5.95. The molecule has 26 heavy (non-hydrogen) atoms. The monoisotopic (exact) mass is 357 g/mol. The van der Waals surface area contributed by atoms with E-state index in [0.29, 0.717) is 22.6 Å². The first kappa shape index (κ1) is 19.0. The van der Waals surface area contributed by atoms with Crippen LogP contribution in [0.5, 0.6) is 5.75 Å². The van der Waals surface area contributed by atoms with Crippen molar-refractivity contribution >= 4 is 23.5 Å². The number of hydrogen-bond acceptors (Lipinski definition) is 6. The molecule has 0 heterocycles. The number of esters is 2. The van der Waals surface area contributed by atoms with Gasteiger partial charge in [0.15, 0.2) is 6.61 Å². The second-order valence-electron chi connectivity index (χ2n) is 5.27. The lowest BCUT2D eigenvalue weighted by molar-refractivity contribution is -0.146. The van der Waals surface area contributed by atoms with E-state index in [9.17, 15) is 14.4 Å². The van der Waals surface area contributed by atoms with Crippen LogP contribution in [0.2, 0.25) is 0 Å². The van der Waals surface area contributed by atoms with E-state index in [1.54, 1.807) is 42.5 Å². The molecule has 136 valence electrons. The van der Waals surface area contributed by atoms with E-state index >= 15 is 0 Å². The van der Waals surface area contributed by atoms with E-state index in [4.69, 9.17) is 9.47 Å². The molecule has 2 rings (SSSR count). The fraction of sp³-hybridized carbons (Fsp3) is 0.211. The van der Waals surface area contributed by atoms with Gasteiger partial charge in [-0.05, 0) is 24.3 Å². The van der Waals surface area contributed by atoms with Crippen LogP contribution in [-0.2, 0) is 25.5 Å². The number of nitrogens with one attached hydrogen (secondary N) is 1. The number of methoxy groups -OCH3 is 2. The molecule has 0 aliphatic heterocycles. The Morgan fingerprint density at radius 3 is 2.50 bits per heavy atom. The lowest BCUT2D eigenvalue weighted by Gasteiger charge is -2.09. The highest BCUT2D eigenvalue weighted by Crippen LogP contribution is 2.18. The number of amides is 1. The molecule has 1 amide bonds. The quantitative estimate of drug-likeness (QED) is 0.764. The van der Waals surface area contributed by atoms with Crippen LogP contribution < -0.4 is 10.1 Å². The number of hydrogen-bond donors (Lipinski definition) is 1. The van der Waals surface area contributed by atoms with Gasteiger partial charge in [0.1, 0.15) is 5.75 Å². The maximum absolute atomic E-state index is 11.9. The molecular formula is C19H19NO6. The SMILES string of the molecule is COC(=O)c1cccc(NC(=O)COC(=O)Cc2ccccc2OC)c1. The Morgan fingerprint density at radius 2 is 1.77 bits per heavy atom. The molecule has 2 aromatic rings. The predicted molar refractivity (Wildman–Crippen MR) is 94.1 cm³/mol. The number of ether oxygens (including phenoxy) is 3. The first-order chi connectivity index (χ1) is 12.5. The van der Waals surface area contributed by atoms with Crippen molar-refractivity contribution in [3.63, 3.8) is 0 Å². The van der Waals surface area contributed by atoms with Gasteiger partial charge in [0.25, 0.3) is 5.91 Å². The number of para-hydroxylation sites is 1. The van der Waals surface area contributed by atoms with Crippen molar-refractivity contribution < 1.29 is 28.6 Å². The summed E-state index contributed by atoms with van der Waals surface area (Å²) in [5.41, 5.74) is 1.38. The number of anilines is 1. The van der Waals surface area contributed by atoms with Gasteiger partial charge in [0.2, 0.25) is 0 Å². The Bertz CT molecular complexity index is 802. The number of rotatable bonds is 7. The first-order valence-electron chi connectivity index (χ1n) is 7.79. The summed E-state index contributed by atoms with van der Waals surface area (Å²) in [6.45, 7) is -0.434. The van der Waals surface area contributed by atoms with Crippen LogP contribution in [0.4, 0.5) is 5.69 Å². The first-order valence-corrected chi connectivity index (χ1v) is 7.79. The molecule has 0 aromatic heterocycles. The fourth-order valence-corrected chi connectivity index (χ4v) is 2.24. The maximum atomic E-state index is 11.9. The fourth-order valence-electron chi connectivity index (χ4n) is 2.24. The van der Waals surface area contributed by atoms with Gasteiger partial charge in [-0.3, -0.25) is 9.59 Å². The summed E-state index contributed by atoms with van der Waals surface area (Å²) in [5, 5.41) is 2.55. The van der Waals surface area contributed by atoms with Gasteiger partial charge >= 0.3 is 11.9 Å². The Morgan fingerprint density at radius 1 is 1.00 bits per heavy atom. The molecule has 0 aliphatic carbocycles. The summed E-state index contributed by atoms with van der Waals surface area (Å²) in [6.07, 6.45) is -0.00484. The van der Waals surface area contributed by atoms with Crippen LogP contribution in [0.15, 0.2) is 48.5 Å². The van der Waals surface area contributed by atoms with Crippen LogP contribution in [0.1, 0.15) is 15.9 Å². The van der Waals surface area contributed by atoms with Crippen LogP contribution in [0.25, 0.3) is 0 Å². The molecule has 2 aromatic carbocycles. The van der Waals surface area contributed by atoms with Crippen molar-refractivity contribution in [1.82, 2.24) is 0 Å². The minimum Gasteiger partial charge on any atom is -0.496 e. The molecule has 0 atom stereocenters. The molecule has 7 nitrogen and oxygen atoms in total. The van der Waals surface area contributed by atoms with Crippen molar-refractivity contribution in [3.8, 4) is 5.75 Å². The molecule has 0 spiro atoms. The van der Waals surface area contributed by atoms with Crippen LogP contribution >= 0.6 is 0 Å². The van der Waals surface area contributed by atoms with Gasteiger partial charge < -0.3 is 19.5 Å². The zero-order valence-electron chi connectivity index (χ0n) is 14.5. The van der Waals surface area contributed by atoms with Crippen LogP contribution in [0, 0.1) is 0 Å². The molecule has 1 N–H and O–H groups in total. The lowest BCUT2D eigenvalue weighted by atomic mass is 10.1. The Kier molecular flexibility index (Phi) is 6.73. The summed E-state index contributed by atoms with van der Waals surface area (Å²) in [5.74, 6) is -0.994. The molecule has 0 aliphatic rings. The third-order valence-corrected chi connectivity index (χ3v) is 3.46. The number of carbonyl (C=O) groups is 3. The second kappa shape index (κ2) is 9.22. The van der Waals surface area contributed by atoms with Gasteiger partial charge in [0, 0.05) is 11.3 Å². The van der Waals surface area contributed by atoms with Crippen molar-refractivity contribution in [2.45, 2.75) is 6.42 Å². The molecular weight excluding hydrogens is 338 g/mol. The van der Waals surface area contributed by atoms with Crippen molar-refractivity contribution in [2.24, 2.45) is 0 Å². The van der Waals surface area contributed by atoms with E-state index in [1.165, 1.54) is 20.3 Å². The Labute approximate surface area is 150 Å². The summed E-state index contributed by atoms with van der Waals surface area (Å²) < 4.78 is 14.8. The van der Waals surface area contributed by atoms with E-state index in [1.807, 2.05) is 0 Å². The average molecular weight is 357 g/mol. The molecule has 0 unspecified atom stereocenters. The molecule has 0 fully saturated rings. The third kappa shape index (κ3) is 5.34. The zero-order valence-corrected chi connectivity index (χ0v) is 14.5. The smallest absolute Gasteiger partial charge is 0.337 e.